The number of nitrogens with one attached hydrogen (secondary N) is 1. The minimum Gasteiger partial charge on any atom is -0.336 e. The molecule has 2 atom stereocenters. The van der Waals surface area contributed by atoms with Crippen molar-refractivity contribution in [2.24, 2.45) is 5.92 Å². The van der Waals surface area contributed by atoms with Crippen LogP contribution in [0.3, 0.4) is 0 Å². The van der Waals surface area contributed by atoms with Crippen molar-refractivity contribution in [2.75, 3.05) is 6.54 Å². The van der Waals surface area contributed by atoms with E-state index in [4.69, 9.17) is 0 Å². The maximum absolute atomic E-state index is 12.1. The molecule has 0 bridgehead atoms. The van der Waals surface area contributed by atoms with Crippen LogP contribution in [-0.2, 0) is 16.6 Å². The van der Waals surface area contributed by atoms with E-state index in [0.29, 0.717) is 17.3 Å². The molecule has 19 heavy (non-hydrogen) atoms. The number of imidazole rings is 1. The Labute approximate surface area is 123 Å². The Morgan fingerprint density at radius 2 is 2.32 bits per heavy atom. The quantitative estimate of drug-likeness (QED) is 0.828. The first kappa shape index (κ1) is 15.0. The van der Waals surface area contributed by atoms with Crippen molar-refractivity contribution in [3.63, 3.8) is 0 Å². The smallest absolute Gasteiger partial charge is 0.259 e. The Morgan fingerprint density at radius 1 is 1.53 bits per heavy atom. The molecule has 5 nitrogen and oxygen atoms in total. The highest BCUT2D eigenvalue weighted by Crippen LogP contribution is 2.28. The van der Waals surface area contributed by atoms with Crippen LogP contribution in [0.5, 0.6) is 0 Å². The summed E-state index contributed by atoms with van der Waals surface area (Å²) >= 11 is 3.61. The summed E-state index contributed by atoms with van der Waals surface area (Å²) in [5.41, 5.74) is 0. The normalized spacial score (nSPS) is 24.5. The lowest BCUT2D eigenvalue weighted by Crippen LogP contribution is -2.32. The second-order valence-electron chi connectivity index (χ2n) is 5.02. The fourth-order valence-corrected chi connectivity index (χ4v) is 4.28. The zero-order chi connectivity index (χ0) is 13.9. The Bertz CT molecular complexity index is 515. The summed E-state index contributed by atoms with van der Waals surface area (Å²) in [4.78, 5) is 4.46. The van der Waals surface area contributed by atoms with Crippen LogP contribution in [0.2, 0.25) is 0 Å². The molecule has 0 aliphatic heterocycles. The van der Waals surface area contributed by atoms with Gasteiger partial charge in [-0.25, -0.2) is 18.1 Å². The minimum absolute atomic E-state index is 0.112. The van der Waals surface area contributed by atoms with Gasteiger partial charge in [-0.15, -0.1) is 0 Å². The van der Waals surface area contributed by atoms with Crippen LogP contribution < -0.4 is 4.72 Å². The third-order valence-corrected chi connectivity index (χ3v) is 5.67. The van der Waals surface area contributed by atoms with Crippen LogP contribution in [0, 0.1) is 5.92 Å². The number of aromatic nitrogens is 2. The molecule has 7 heteroatoms. The van der Waals surface area contributed by atoms with Gasteiger partial charge in [0.1, 0.15) is 0 Å². The standard InChI is InChI=1S/C12H20BrN3O2S/c1-2-16-8-12(14-9-16)19(17,18)15-7-10-4-3-5-11(13)6-10/h8-11,15H,2-7H2,1H3. The maximum Gasteiger partial charge on any atom is 0.259 e. The van der Waals surface area contributed by atoms with Crippen LogP contribution >= 0.6 is 15.9 Å². The van der Waals surface area contributed by atoms with Gasteiger partial charge in [0.2, 0.25) is 0 Å². The topological polar surface area (TPSA) is 64.0 Å². The van der Waals surface area contributed by atoms with Crippen LogP contribution in [-0.4, -0.2) is 29.3 Å². The highest BCUT2D eigenvalue weighted by atomic mass is 79.9. The lowest BCUT2D eigenvalue weighted by atomic mass is 9.89. The molecule has 1 aliphatic rings. The van der Waals surface area contributed by atoms with Gasteiger partial charge in [-0.1, -0.05) is 22.4 Å². The molecule has 2 rings (SSSR count). The molecule has 1 aliphatic carbocycles. The van der Waals surface area contributed by atoms with Crippen molar-refractivity contribution in [3.8, 4) is 0 Å². The summed E-state index contributed by atoms with van der Waals surface area (Å²) in [6, 6.07) is 0. The highest BCUT2D eigenvalue weighted by molar-refractivity contribution is 9.09. The summed E-state index contributed by atoms with van der Waals surface area (Å²) < 4.78 is 28.6. The molecule has 0 radical (unpaired) electrons. The van der Waals surface area contributed by atoms with Gasteiger partial charge in [-0.2, -0.15) is 0 Å². The number of nitrogens with zero attached hydrogens (tertiary/aromatic N) is 2. The van der Waals surface area contributed by atoms with Crippen LogP contribution in [0.15, 0.2) is 17.6 Å². The molecule has 0 saturated heterocycles. The minimum atomic E-state index is -3.46. The largest absolute Gasteiger partial charge is 0.336 e. The first-order valence-electron chi connectivity index (χ1n) is 6.66. The zero-order valence-electron chi connectivity index (χ0n) is 11.0. The van der Waals surface area contributed by atoms with Crippen LogP contribution in [0.4, 0.5) is 0 Å². The monoisotopic (exact) mass is 349 g/mol. The fourth-order valence-electron chi connectivity index (χ4n) is 2.36. The van der Waals surface area contributed by atoms with E-state index in [2.05, 4.69) is 25.6 Å². The zero-order valence-corrected chi connectivity index (χ0v) is 13.5. The van der Waals surface area contributed by atoms with E-state index < -0.39 is 10.0 Å². The number of rotatable bonds is 5. The molecule has 1 fully saturated rings. The van der Waals surface area contributed by atoms with Crippen LogP contribution in [0.1, 0.15) is 32.6 Å². The number of aryl methyl sites for hydroxylation is 1. The number of alkyl halides is 1. The molecule has 1 aromatic heterocycles. The van der Waals surface area contributed by atoms with Gasteiger partial charge in [0.25, 0.3) is 10.0 Å². The Kier molecular flexibility index (Phi) is 5.03. The molecule has 0 aromatic carbocycles. The second-order valence-corrected chi connectivity index (χ2v) is 8.03. The number of hydrogen-bond acceptors (Lipinski definition) is 3. The van der Waals surface area contributed by atoms with E-state index in [-0.39, 0.29) is 5.03 Å². The predicted octanol–water partition coefficient (Wildman–Crippen LogP) is 2.13. The summed E-state index contributed by atoms with van der Waals surface area (Å²) in [6.45, 7) is 3.17. The SMILES string of the molecule is CCn1cnc(S(=O)(=O)NCC2CCCC(Br)C2)c1. The van der Waals surface area contributed by atoms with E-state index in [1.165, 1.54) is 6.42 Å². The van der Waals surface area contributed by atoms with Crippen molar-refractivity contribution in [1.82, 2.24) is 14.3 Å². The summed E-state index contributed by atoms with van der Waals surface area (Å²) in [6.07, 6.45) is 7.58. The molecule has 1 N–H and O–H groups in total. The van der Waals surface area contributed by atoms with E-state index in [0.717, 1.165) is 25.8 Å². The first-order chi connectivity index (χ1) is 9.01. The van der Waals surface area contributed by atoms with Gasteiger partial charge >= 0.3 is 0 Å². The Hall–Kier alpha value is -0.400. The summed E-state index contributed by atoms with van der Waals surface area (Å²) in [5, 5.41) is 0.112. The first-order valence-corrected chi connectivity index (χ1v) is 9.06. The van der Waals surface area contributed by atoms with Crippen molar-refractivity contribution in [2.45, 2.75) is 49.0 Å². The lowest BCUT2D eigenvalue weighted by Gasteiger charge is -2.25. The number of halogens is 1. The van der Waals surface area contributed by atoms with E-state index in [1.807, 2.05) is 6.92 Å². The van der Waals surface area contributed by atoms with Crippen molar-refractivity contribution >= 4 is 26.0 Å². The third kappa shape index (κ3) is 4.03. The van der Waals surface area contributed by atoms with Gasteiger partial charge in [-0.3, -0.25) is 0 Å². The molecule has 1 saturated carbocycles. The molecule has 1 heterocycles. The number of hydrogen-bond donors (Lipinski definition) is 1. The molecule has 108 valence electrons. The Morgan fingerprint density at radius 3 is 2.95 bits per heavy atom. The lowest BCUT2D eigenvalue weighted by molar-refractivity contribution is 0.367. The van der Waals surface area contributed by atoms with Gasteiger partial charge in [0.15, 0.2) is 5.03 Å². The molecular formula is C12H20BrN3O2S. The van der Waals surface area contributed by atoms with Crippen LogP contribution in [0.25, 0.3) is 0 Å². The van der Waals surface area contributed by atoms with E-state index in [9.17, 15) is 8.42 Å². The van der Waals surface area contributed by atoms with Gasteiger partial charge in [0.05, 0.1) is 6.33 Å². The van der Waals surface area contributed by atoms with E-state index >= 15 is 0 Å². The molecule has 0 spiro atoms. The van der Waals surface area contributed by atoms with E-state index in [1.54, 1.807) is 17.1 Å². The average Bonchev–Trinajstić information content (AvgIpc) is 2.86. The van der Waals surface area contributed by atoms with Gasteiger partial charge in [0, 0.05) is 24.1 Å². The molecule has 1 aromatic rings. The Balaban J connectivity index is 1.93. The van der Waals surface area contributed by atoms with Crippen molar-refractivity contribution < 1.29 is 8.42 Å². The predicted molar refractivity (Wildman–Crippen MR) is 77.8 cm³/mol. The number of sulfonamides is 1. The molecule has 0 amide bonds. The highest BCUT2D eigenvalue weighted by Gasteiger charge is 2.23. The third-order valence-electron chi connectivity index (χ3n) is 3.53. The summed E-state index contributed by atoms with van der Waals surface area (Å²) in [5.74, 6) is 0.418. The van der Waals surface area contributed by atoms with Gasteiger partial charge < -0.3 is 4.57 Å². The van der Waals surface area contributed by atoms with Crippen molar-refractivity contribution in [3.05, 3.63) is 12.5 Å². The fraction of sp³-hybridized carbons (Fsp3) is 0.750. The maximum atomic E-state index is 12.1. The molecular weight excluding hydrogens is 330 g/mol. The molecule has 2 unspecified atom stereocenters. The second kappa shape index (κ2) is 6.37. The summed E-state index contributed by atoms with van der Waals surface area (Å²) in [7, 11) is -3.46. The van der Waals surface area contributed by atoms with Gasteiger partial charge in [-0.05, 0) is 32.1 Å². The van der Waals surface area contributed by atoms with Crippen molar-refractivity contribution in [1.29, 1.82) is 0 Å². The average molecular weight is 350 g/mol.